The van der Waals surface area contributed by atoms with Crippen molar-refractivity contribution >= 4 is 23.4 Å². The fraction of sp³-hybridized carbons (Fsp3) is 0.533. The molecule has 2 N–H and O–H groups in total. The first kappa shape index (κ1) is 14.4. The zero-order valence-corrected chi connectivity index (χ0v) is 12.7. The zero-order valence-electron chi connectivity index (χ0n) is 11.8. The molecule has 1 heterocycles. The lowest BCUT2D eigenvalue weighted by Gasteiger charge is -2.23. The fourth-order valence-electron chi connectivity index (χ4n) is 2.42. The smallest absolute Gasteiger partial charge is 0.237 e. The minimum Gasteiger partial charge on any atom is -0.325 e. The first-order valence-electron chi connectivity index (χ1n) is 6.65. The molecule has 0 radical (unpaired) electrons. The van der Waals surface area contributed by atoms with Gasteiger partial charge in [-0.2, -0.15) is 11.8 Å². The van der Waals surface area contributed by atoms with Crippen LogP contribution in [0, 0.1) is 0 Å². The second-order valence-electron chi connectivity index (χ2n) is 5.93. The molecule has 0 bridgehead atoms. The van der Waals surface area contributed by atoms with Gasteiger partial charge in [-0.3, -0.25) is 4.79 Å². The number of anilines is 1. The van der Waals surface area contributed by atoms with Gasteiger partial charge in [0.15, 0.2) is 0 Å². The van der Waals surface area contributed by atoms with E-state index in [2.05, 4.69) is 13.0 Å². The standard InChI is InChI=1S/C15H22N2OS/c1-11-8-12-6-4-5-7-13(12)17(11)14(18)9-19-10-15(2,3)16/h4-7,11H,8-10,16H2,1-3H3. The van der Waals surface area contributed by atoms with Crippen LogP contribution in [0.4, 0.5) is 5.69 Å². The summed E-state index contributed by atoms with van der Waals surface area (Å²) in [7, 11) is 0. The quantitative estimate of drug-likeness (QED) is 0.920. The van der Waals surface area contributed by atoms with Gasteiger partial charge in [0.2, 0.25) is 5.91 Å². The molecule has 19 heavy (non-hydrogen) atoms. The Hall–Kier alpha value is -1.000. The van der Waals surface area contributed by atoms with Crippen LogP contribution in [0.3, 0.4) is 0 Å². The van der Waals surface area contributed by atoms with Crippen molar-refractivity contribution < 1.29 is 4.79 Å². The highest BCUT2D eigenvalue weighted by Gasteiger charge is 2.30. The molecule has 0 saturated heterocycles. The van der Waals surface area contributed by atoms with Crippen molar-refractivity contribution in [3.8, 4) is 0 Å². The number of carbonyl (C=O) groups is 1. The van der Waals surface area contributed by atoms with Crippen LogP contribution >= 0.6 is 11.8 Å². The molecule has 0 aliphatic carbocycles. The van der Waals surface area contributed by atoms with Gasteiger partial charge in [-0.1, -0.05) is 18.2 Å². The molecule has 1 unspecified atom stereocenters. The first-order chi connectivity index (χ1) is 8.88. The molecule has 0 fully saturated rings. The number of amides is 1. The Morgan fingerprint density at radius 1 is 1.47 bits per heavy atom. The molecular formula is C15H22N2OS. The third-order valence-corrected chi connectivity index (χ3v) is 4.57. The van der Waals surface area contributed by atoms with Crippen molar-refractivity contribution in [2.24, 2.45) is 5.73 Å². The van der Waals surface area contributed by atoms with E-state index in [0.29, 0.717) is 5.75 Å². The van der Waals surface area contributed by atoms with Gasteiger partial charge >= 0.3 is 0 Å². The average Bonchev–Trinajstić information content (AvgIpc) is 2.63. The molecule has 3 nitrogen and oxygen atoms in total. The Bertz CT molecular complexity index is 467. The largest absolute Gasteiger partial charge is 0.325 e. The summed E-state index contributed by atoms with van der Waals surface area (Å²) in [5, 5.41) is 0. The summed E-state index contributed by atoms with van der Waals surface area (Å²) in [5.74, 6) is 1.48. The number of fused-ring (bicyclic) bond motifs is 1. The Morgan fingerprint density at radius 2 is 2.16 bits per heavy atom. The summed E-state index contributed by atoms with van der Waals surface area (Å²) in [6, 6.07) is 8.43. The summed E-state index contributed by atoms with van der Waals surface area (Å²) in [6.45, 7) is 6.08. The third-order valence-electron chi connectivity index (χ3n) is 3.18. The second-order valence-corrected chi connectivity index (χ2v) is 6.91. The van der Waals surface area contributed by atoms with Crippen molar-refractivity contribution in [3.63, 3.8) is 0 Å². The molecule has 1 atom stereocenters. The molecule has 0 saturated carbocycles. The summed E-state index contributed by atoms with van der Waals surface area (Å²) in [6.07, 6.45) is 0.953. The van der Waals surface area contributed by atoms with Gasteiger partial charge in [-0.15, -0.1) is 0 Å². The van der Waals surface area contributed by atoms with Gasteiger partial charge in [-0.25, -0.2) is 0 Å². The molecular weight excluding hydrogens is 256 g/mol. The topological polar surface area (TPSA) is 46.3 Å². The van der Waals surface area contributed by atoms with E-state index in [0.717, 1.165) is 17.9 Å². The van der Waals surface area contributed by atoms with Crippen LogP contribution in [0.5, 0.6) is 0 Å². The molecule has 0 aromatic heterocycles. The van der Waals surface area contributed by atoms with Crippen molar-refractivity contribution in [3.05, 3.63) is 29.8 Å². The predicted molar refractivity (Wildman–Crippen MR) is 82.7 cm³/mol. The highest BCUT2D eigenvalue weighted by Crippen LogP contribution is 2.32. The Morgan fingerprint density at radius 3 is 2.84 bits per heavy atom. The minimum absolute atomic E-state index is 0.187. The van der Waals surface area contributed by atoms with Crippen LogP contribution in [-0.2, 0) is 11.2 Å². The number of thioether (sulfide) groups is 1. The molecule has 1 aromatic rings. The molecule has 1 aliphatic heterocycles. The lowest BCUT2D eigenvalue weighted by Crippen LogP contribution is -2.38. The zero-order chi connectivity index (χ0) is 14.0. The van der Waals surface area contributed by atoms with Crippen molar-refractivity contribution in [1.82, 2.24) is 0 Å². The second kappa shape index (κ2) is 5.55. The third kappa shape index (κ3) is 3.51. The van der Waals surface area contributed by atoms with Gasteiger partial charge in [0.25, 0.3) is 0 Å². The van der Waals surface area contributed by atoms with Gasteiger partial charge in [0.05, 0.1) is 5.75 Å². The molecule has 1 amide bonds. The monoisotopic (exact) mass is 278 g/mol. The highest BCUT2D eigenvalue weighted by atomic mass is 32.2. The summed E-state index contributed by atoms with van der Waals surface area (Å²) >= 11 is 1.62. The lowest BCUT2D eigenvalue weighted by atomic mass is 10.1. The minimum atomic E-state index is -0.223. The van der Waals surface area contributed by atoms with Crippen LogP contribution < -0.4 is 10.6 Å². The van der Waals surface area contributed by atoms with Crippen molar-refractivity contribution in [2.75, 3.05) is 16.4 Å². The highest BCUT2D eigenvalue weighted by molar-refractivity contribution is 8.00. The number of nitrogens with zero attached hydrogens (tertiary/aromatic N) is 1. The van der Waals surface area contributed by atoms with E-state index in [1.165, 1.54) is 5.56 Å². The van der Waals surface area contributed by atoms with Crippen molar-refractivity contribution in [2.45, 2.75) is 38.8 Å². The molecule has 1 aliphatic rings. The number of rotatable bonds is 4. The van der Waals surface area contributed by atoms with Crippen molar-refractivity contribution in [1.29, 1.82) is 0 Å². The molecule has 104 valence electrons. The summed E-state index contributed by atoms with van der Waals surface area (Å²) < 4.78 is 0. The van der Waals surface area contributed by atoms with Crippen LogP contribution in [0.25, 0.3) is 0 Å². The first-order valence-corrected chi connectivity index (χ1v) is 7.80. The summed E-state index contributed by atoms with van der Waals surface area (Å²) in [4.78, 5) is 14.3. The molecule has 1 aromatic carbocycles. The number of nitrogens with two attached hydrogens (primary N) is 1. The van der Waals surface area contributed by atoms with E-state index in [-0.39, 0.29) is 17.5 Å². The van der Waals surface area contributed by atoms with E-state index >= 15 is 0 Å². The number of hydrogen-bond acceptors (Lipinski definition) is 3. The Labute approximate surface area is 119 Å². The number of carbonyl (C=O) groups excluding carboxylic acids is 1. The van der Waals surface area contributed by atoms with E-state index < -0.39 is 0 Å². The predicted octanol–water partition coefficient (Wildman–Crippen LogP) is 2.43. The fourth-order valence-corrected chi connectivity index (χ4v) is 3.36. The number of hydrogen-bond donors (Lipinski definition) is 1. The van der Waals surface area contributed by atoms with Crippen LogP contribution in [-0.4, -0.2) is 29.0 Å². The maximum absolute atomic E-state index is 12.4. The molecule has 0 spiro atoms. The normalized spacial score (nSPS) is 18.5. The van der Waals surface area contributed by atoms with Crippen LogP contribution in [0.1, 0.15) is 26.3 Å². The van der Waals surface area contributed by atoms with E-state index in [1.54, 1.807) is 11.8 Å². The van der Waals surface area contributed by atoms with E-state index in [9.17, 15) is 4.79 Å². The summed E-state index contributed by atoms with van der Waals surface area (Å²) in [5.41, 5.74) is 8.06. The maximum atomic E-state index is 12.4. The van der Waals surface area contributed by atoms with Crippen LogP contribution in [0.2, 0.25) is 0 Å². The lowest BCUT2D eigenvalue weighted by molar-refractivity contribution is -0.116. The Balaban J connectivity index is 2.00. The van der Waals surface area contributed by atoms with Crippen LogP contribution in [0.15, 0.2) is 24.3 Å². The molecule has 2 rings (SSSR count). The number of benzene rings is 1. The van der Waals surface area contributed by atoms with E-state index in [1.807, 2.05) is 36.9 Å². The van der Waals surface area contributed by atoms with Gasteiger partial charge in [0, 0.05) is 23.0 Å². The van der Waals surface area contributed by atoms with Gasteiger partial charge in [0.1, 0.15) is 0 Å². The van der Waals surface area contributed by atoms with Gasteiger partial charge < -0.3 is 10.6 Å². The number of para-hydroxylation sites is 1. The van der Waals surface area contributed by atoms with Gasteiger partial charge in [-0.05, 0) is 38.8 Å². The Kier molecular flexibility index (Phi) is 4.21. The average molecular weight is 278 g/mol. The molecule has 4 heteroatoms. The maximum Gasteiger partial charge on any atom is 0.237 e. The SMILES string of the molecule is CC1Cc2ccccc2N1C(=O)CSCC(C)(C)N. The van der Waals surface area contributed by atoms with E-state index in [4.69, 9.17) is 5.73 Å².